The SMILES string of the molecule is Cn1nc(C2(C)CCCO2)nc1N. The lowest BCUT2D eigenvalue weighted by Crippen LogP contribution is -2.22. The number of rotatable bonds is 1. The topological polar surface area (TPSA) is 66.0 Å². The highest BCUT2D eigenvalue weighted by Crippen LogP contribution is 2.33. The van der Waals surface area contributed by atoms with E-state index in [1.54, 1.807) is 11.7 Å². The number of aryl methyl sites for hydroxylation is 1. The minimum Gasteiger partial charge on any atom is -0.368 e. The van der Waals surface area contributed by atoms with Crippen molar-refractivity contribution in [2.24, 2.45) is 7.05 Å². The second-order valence-electron chi connectivity index (χ2n) is 3.60. The Bertz CT molecular complexity index is 294. The lowest BCUT2D eigenvalue weighted by molar-refractivity contribution is 0.00934. The van der Waals surface area contributed by atoms with Gasteiger partial charge in [0, 0.05) is 13.7 Å². The van der Waals surface area contributed by atoms with Crippen LogP contribution in [0.25, 0.3) is 0 Å². The number of ether oxygens (including phenoxy) is 1. The van der Waals surface area contributed by atoms with Gasteiger partial charge in [-0.05, 0) is 19.8 Å². The summed E-state index contributed by atoms with van der Waals surface area (Å²) in [7, 11) is 1.78. The van der Waals surface area contributed by atoms with Gasteiger partial charge in [-0.2, -0.15) is 10.1 Å². The number of aromatic nitrogens is 3. The summed E-state index contributed by atoms with van der Waals surface area (Å²) in [5.74, 6) is 1.14. The molecule has 0 spiro atoms. The zero-order chi connectivity index (χ0) is 9.47. The van der Waals surface area contributed by atoms with Crippen LogP contribution in [0.1, 0.15) is 25.6 Å². The van der Waals surface area contributed by atoms with Crippen molar-refractivity contribution >= 4 is 5.95 Å². The molecular formula is C8H14N4O. The van der Waals surface area contributed by atoms with Crippen LogP contribution >= 0.6 is 0 Å². The van der Waals surface area contributed by atoms with Gasteiger partial charge in [0.05, 0.1) is 0 Å². The van der Waals surface area contributed by atoms with E-state index in [0.717, 1.165) is 19.4 Å². The van der Waals surface area contributed by atoms with E-state index in [0.29, 0.717) is 11.8 Å². The zero-order valence-electron chi connectivity index (χ0n) is 7.95. The summed E-state index contributed by atoms with van der Waals surface area (Å²) in [5, 5.41) is 4.22. The molecule has 5 heteroatoms. The maximum atomic E-state index is 5.60. The van der Waals surface area contributed by atoms with Gasteiger partial charge < -0.3 is 10.5 Å². The molecule has 1 aromatic heterocycles. The van der Waals surface area contributed by atoms with Crippen LogP contribution in [-0.4, -0.2) is 21.4 Å². The van der Waals surface area contributed by atoms with Gasteiger partial charge in [-0.3, -0.25) is 0 Å². The van der Waals surface area contributed by atoms with Crippen LogP contribution < -0.4 is 5.73 Å². The van der Waals surface area contributed by atoms with Crippen molar-refractivity contribution in [1.29, 1.82) is 0 Å². The van der Waals surface area contributed by atoms with E-state index in [-0.39, 0.29) is 5.60 Å². The molecule has 1 unspecified atom stereocenters. The predicted molar refractivity (Wildman–Crippen MR) is 48.0 cm³/mol. The molecule has 0 bridgehead atoms. The minimum absolute atomic E-state index is 0.324. The van der Waals surface area contributed by atoms with Crippen molar-refractivity contribution in [3.63, 3.8) is 0 Å². The van der Waals surface area contributed by atoms with Crippen molar-refractivity contribution in [3.05, 3.63) is 5.82 Å². The van der Waals surface area contributed by atoms with Crippen molar-refractivity contribution in [3.8, 4) is 0 Å². The summed E-state index contributed by atoms with van der Waals surface area (Å²) in [6.45, 7) is 2.80. The fourth-order valence-electron chi connectivity index (χ4n) is 1.58. The molecule has 1 aliphatic heterocycles. The van der Waals surface area contributed by atoms with E-state index in [1.807, 2.05) is 6.92 Å². The van der Waals surface area contributed by atoms with Crippen LogP contribution in [0.15, 0.2) is 0 Å². The largest absolute Gasteiger partial charge is 0.368 e. The fourth-order valence-corrected chi connectivity index (χ4v) is 1.58. The summed E-state index contributed by atoms with van der Waals surface area (Å²) in [6, 6.07) is 0. The van der Waals surface area contributed by atoms with E-state index >= 15 is 0 Å². The van der Waals surface area contributed by atoms with Crippen LogP contribution in [0.4, 0.5) is 5.95 Å². The molecule has 1 aromatic rings. The Morgan fingerprint density at radius 1 is 1.62 bits per heavy atom. The number of nitrogen functional groups attached to an aromatic ring is 1. The zero-order valence-corrected chi connectivity index (χ0v) is 7.95. The maximum absolute atomic E-state index is 5.60. The van der Waals surface area contributed by atoms with Crippen molar-refractivity contribution in [2.75, 3.05) is 12.3 Å². The molecule has 5 nitrogen and oxygen atoms in total. The van der Waals surface area contributed by atoms with Crippen molar-refractivity contribution in [1.82, 2.24) is 14.8 Å². The molecule has 1 aliphatic rings. The number of nitrogens with zero attached hydrogens (tertiary/aromatic N) is 3. The van der Waals surface area contributed by atoms with Gasteiger partial charge in [-0.25, -0.2) is 4.68 Å². The number of nitrogens with two attached hydrogens (primary N) is 1. The molecule has 0 aromatic carbocycles. The van der Waals surface area contributed by atoms with Gasteiger partial charge in [-0.1, -0.05) is 0 Å². The molecule has 0 radical (unpaired) electrons. The Morgan fingerprint density at radius 3 is 2.85 bits per heavy atom. The summed E-state index contributed by atoms with van der Waals surface area (Å²) < 4.78 is 7.17. The molecule has 13 heavy (non-hydrogen) atoms. The minimum atomic E-state index is -0.324. The molecular weight excluding hydrogens is 168 g/mol. The Hall–Kier alpha value is -1.10. The monoisotopic (exact) mass is 182 g/mol. The number of hydrogen-bond acceptors (Lipinski definition) is 4. The van der Waals surface area contributed by atoms with E-state index in [2.05, 4.69) is 10.1 Å². The van der Waals surface area contributed by atoms with Crippen LogP contribution in [0.3, 0.4) is 0 Å². The molecule has 1 saturated heterocycles. The smallest absolute Gasteiger partial charge is 0.218 e. The highest BCUT2D eigenvalue weighted by molar-refractivity contribution is 5.18. The molecule has 0 saturated carbocycles. The van der Waals surface area contributed by atoms with Crippen LogP contribution in [-0.2, 0) is 17.4 Å². The van der Waals surface area contributed by atoms with Gasteiger partial charge in [-0.15, -0.1) is 0 Å². The third-order valence-corrected chi connectivity index (χ3v) is 2.49. The second kappa shape index (κ2) is 2.70. The first-order valence-electron chi connectivity index (χ1n) is 4.43. The highest BCUT2D eigenvalue weighted by Gasteiger charge is 2.36. The first-order valence-corrected chi connectivity index (χ1v) is 4.43. The van der Waals surface area contributed by atoms with Crippen molar-refractivity contribution in [2.45, 2.75) is 25.4 Å². The van der Waals surface area contributed by atoms with Gasteiger partial charge in [0.25, 0.3) is 0 Å². The highest BCUT2D eigenvalue weighted by atomic mass is 16.5. The molecule has 2 rings (SSSR count). The molecule has 72 valence electrons. The molecule has 0 amide bonds. The molecule has 1 fully saturated rings. The van der Waals surface area contributed by atoms with E-state index in [4.69, 9.17) is 10.5 Å². The Labute approximate surface area is 76.9 Å². The van der Waals surface area contributed by atoms with E-state index in [9.17, 15) is 0 Å². The van der Waals surface area contributed by atoms with E-state index in [1.165, 1.54) is 0 Å². The van der Waals surface area contributed by atoms with Gasteiger partial charge >= 0.3 is 0 Å². The van der Waals surface area contributed by atoms with E-state index < -0.39 is 0 Å². The fraction of sp³-hybridized carbons (Fsp3) is 0.750. The quantitative estimate of drug-likeness (QED) is 0.683. The van der Waals surface area contributed by atoms with Crippen LogP contribution in [0.2, 0.25) is 0 Å². The lowest BCUT2D eigenvalue weighted by atomic mass is 10.0. The average molecular weight is 182 g/mol. The standard InChI is InChI=1S/C8H14N4O/c1-8(4-3-5-13-8)6-10-7(9)12(2)11-6/h3-5H2,1-2H3,(H2,9,10,11). The first kappa shape index (κ1) is 8.50. The maximum Gasteiger partial charge on any atom is 0.218 e. The molecule has 0 aliphatic carbocycles. The predicted octanol–water partition coefficient (Wildman–Crippen LogP) is 0.423. The number of hydrogen-bond donors (Lipinski definition) is 1. The lowest BCUT2D eigenvalue weighted by Gasteiger charge is -2.18. The summed E-state index contributed by atoms with van der Waals surface area (Å²) in [6.07, 6.45) is 2.03. The van der Waals surface area contributed by atoms with Crippen LogP contribution in [0.5, 0.6) is 0 Å². The normalized spacial score (nSPS) is 28.2. The third kappa shape index (κ3) is 1.29. The van der Waals surface area contributed by atoms with Gasteiger partial charge in [0.1, 0.15) is 5.60 Å². The second-order valence-corrected chi connectivity index (χ2v) is 3.60. The Morgan fingerprint density at radius 2 is 2.38 bits per heavy atom. The summed E-state index contributed by atoms with van der Waals surface area (Å²) >= 11 is 0. The first-order chi connectivity index (χ1) is 6.12. The molecule has 2 N–H and O–H groups in total. The Balaban J connectivity index is 2.34. The number of anilines is 1. The average Bonchev–Trinajstić information content (AvgIpc) is 2.62. The summed E-state index contributed by atoms with van der Waals surface area (Å²) in [5.41, 5.74) is 5.28. The molecule has 1 atom stereocenters. The summed E-state index contributed by atoms with van der Waals surface area (Å²) in [4.78, 5) is 4.17. The van der Waals surface area contributed by atoms with Crippen LogP contribution in [0, 0.1) is 0 Å². The van der Waals surface area contributed by atoms with Gasteiger partial charge in [0.15, 0.2) is 5.82 Å². The molecule has 2 heterocycles. The Kier molecular flexibility index (Phi) is 1.76. The van der Waals surface area contributed by atoms with Crippen molar-refractivity contribution < 1.29 is 4.74 Å². The third-order valence-electron chi connectivity index (χ3n) is 2.49. The van der Waals surface area contributed by atoms with Gasteiger partial charge in [0.2, 0.25) is 5.95 Å².